The number of carbonyl (C=O) groups is 1. The third-order valence-electron chi connectivity index (χ3n) is 2.65. The zero-order valence-electron chi connectivity index (χ0n) is 7.03. The predicted molar refractivity (Wildman–Crippen MR) is 42.2 cm³/mol. The number of urea groups is 1. The van der Waals surface area contributed by atoms with Crippen LogP contribution in [-0.2, 0) is 0 Å². The zero-order chi connectivity index (χ0) is 8.72. The highest BCUT2D eigenvalue weighted by molar-refractivity contribution is 5.77. The van der Waals surface area contributed by atoms with Gasteiger partial charge in [0.1, 0.15) is 0 Å². The number of carbonyl (C=O) groups excluding carboxylic acids is 1. The maximum Gasteiger partial charge on any atom is 0.320 e. The van der Waals surface area contributed by atoms with E-state index in [0.717, 1.165) is 13.0 Å². The van der Waals surface area contributed by atoms with E-state index in [4.69, 9.17) is 5.26 Å². The molecule has 2 saturated heterocycles. The van der Waals surface area contributed by atoms with E-state index in [1.807, 2.05) is 11.9 Å². The minimum Gasteiger partial charge on any atom is -0.326 e. The molecule has 0 aromatic heterocycles. The number of rotatable bonds is 0. The molecule has 0 radical (unpaired) electrons. The molecule has 0 aromatic carbocycles. The van der Waals surface area contributed by atoms with E-state index in [9.17, 15) is 4.79 Å². The summed E-state index contributed by atoms with van der Waals surface area (Å²) in [5.41, 5.74) is 0. The monoisotopic (exact) mass is 165 g/mol. The summed E-state index contributed by atoms with van der Waals surface area (Å²) in [5.74, 6) is 0.0626. The first kappa shape index (κ1) is 7.41. The van der Waals surface area contributed by atoms with Crippen LogP contribution in [-0.4, -0.2) is 42.0 Å². The number of hydrogen-bond donors (Lipinski definition) is 0. The second kappa shape index (κ2) is 2.37. The lowest BCUT2D eigenvalue weighted by Gasteiger charge is -2.12. The van der Waals surface area contributed by atoms with E-state index in [1.54, 1.807) is 4.90 Å². The maximum atomic E-state index is 11.4. The molecule has 12 heavy (non-hydrogen) atoms. The van der Waals surface area contributed by atoms with Crippen molar-refractivity contribution in [2.75, 3.05) is 20.1 Å². The Kier molecular flexibility index (Phi) is 1.47. The Labute approximate surface area is 71.4 Å². The molecule has 0 bridgehead atoms. The Morgan fingerprint density at radius 3 is 2.92 bits per heavy atom. The zero-order valence-corrected chi connectivity index (χ0v) is 7.03. The summed E-state index contributed by atoms with van der Waals surface area (Å²) in [7, 11) is 1.81. The SMILES string of the molecule is CN1C[C@@H]2C[C@@H](C#N)CN2C1=O. The molecule has 0 aromatic rings. The summed E-state index contributed by atoms with van der Waals surface area (Å²) >= 11 is 0. The van der Waals surface area contributed by atoms with Crippen molar-refractivity contribution in [3.8, 4) is 6.07 Å². The lowest BCUT2D eigenvalue weighted by molar-refractivity contribution is 0.198. The van der Waals surface area contributed by atoms with Gasteiger partial charge < -0.3 is 9.80 Å². The van der Waals surface area contributed by atoms with Gasteiger partial charge >= 0.3 is 6.03 Å². The van der Waals surface area contributed by atoms with Gasteiger partial charge in [-0.15, -0.1) is 0 Å². The van der Waals surface area contributed by atoms with Crippen molar-refractivity contribution in [2.24, 2.45) is 5.92 Å². The van der Waals surface area contributed by atoms with E-state index >= 15 is 0 Å². The molecule has 2 aliphatic rings. The fourth-order valence-electron chi connectivity index (χ4n) is 2.03. The average molecular weight is 165 g/mol. The van der Waals surface area contributed by atoms with Crippen LogP contribution < -0.4 is 0 Å². The van der Waals surface area contributed by atoms with Crippen LogP contribution in [0.4, 0.5) is 4.79 Å². The van der Waals surface area contributed by atoms with E-state index in [-0.39, 0.29) is 11.9 Å². The van der Waals surface area contributed by atoms with Crippen LogP contribution in [0.1, 0.15) is 6.42 Å². The van der Waals surface area contributed by atoms with Crippen LogP contribution in [0.15, 0.2) is 0 Å². The van der Waals surface area contributed by atoms with Crippen LogP contribution in [0.25, 0.3) is 0 Å². The van der Waals surface area contributed by atoms with Crippen molar-refractivity contribution in [1.29, 1.82) is 5.26 Å². The Morgan fingerprint density at radius 1 is 1.58 bits per heavy atom. The van der Waals surface area contributed by atoms with Gasteiger partial charge in [0.05, 0.1) is 18.0 Å². The van der Waals surface area contributed by atoms with E-state index in [1.165, 1.54) is 0 Å². The van der Waals surface area contributed by atoms with Crippen LogP contribution in [0.2, 0.25) is 0 Å². The molecule has 0 aliphatic carbocycles. The highest BCUT2D eigenvalue weighted by Crippen LogP contribution is 2.28. The summed E-state index contributed by atoms with van der Waals surface area (Å²) in [6, 6.07) is 2.60. The van der Waals surface area contributed by atoms with Crippen molar-refractivity contribution in [1.82, 2.24) is 9.80 Å². The normalized spacial score (nSPS) is 33.8. The van der Waals surface area contributed by atoms with Gasteiger partial charge in [-0.2, -0.15) is 5.26 Å². The number of likely N-dealkylation sites (N-methyl/N-ethyl adjacent to an activating group) is 1. The Morgan fingerprint density at radius 2 is 2.33 bits per heavy atom. The maximum absolute atomic E-state index is 11.4. The van der Waals surface area contributed by atoms with Gasteiger partial charge in [-0.3, -0.25) is 0 Å². The van der Waals surface area contributed by atoms with Gasteiger partial charge in [0.2, 0.25) is 0 Å². The minimum atomic E-state index is 0.0626. The first-order valence-electron chi connectivity index (χ1n) is 4.13. The van der Waals surface area contributed by atoms with Crippen molar-refractivity contribution >= 4 is 6.03 Å². The highest BCUT2D eigenvalue weighted by atomic mass is 16.2. The molecule has 2 amide bonds. The molecule has 2 heterocycles. The standard InChI is InChI=1S/C8H11N3O/c1-10-5-7-2-6(3-9)4-11(7)8(10)12/h6-7H,2,4-5H2,1H3/t6-,7-/m0/s1. The first-order valence-corrected chi connectivity index (χ1v) is 4.13. The molecule has 2 atom stereocenters. The Bertz CT molecular complexity index is 258. The van der Waals surface area contributed by atoms with Gasteiger partial charge in [0.15, 0.2) is 0 Å². The lowest BCUT2D eigenvalue weighted by atomic mass is 10.1. The first-order chi connectivity index (χ1) is 5.72. The Balaban J connectivity index is 2.12. The summed E-state index contributed by atoms with van der Waals surface area (Å²) in [6.07, 6.45) is 0.854. The molecule has 4 nitrogen and oxygen atoms in total. The average Bonchev–Trinajstić information content (AvgIpc) is 2.55. The van der Waals surface area contributed by atoms with Crippen molar-refractivity contribution < 1.29 is 4.79 Å². The number of fused-ring (bicyclic) bond motifs is 1. The van der Waals surface area contributed by atoms with Crippen molar-refractivity contribution in [3.63, 3.8) is 0 Å². The van der Waals surface area contributed by atoms with E-state index in [0.29, 0.717) is 12.6 Å². The molecule has 2 rings (SSSR count). The van der Waals surface area contributed by atoms with Gasteiger partial charge in [-0.1, -0.05) is 0 Å². The lowest BCUT2D eigenvalue weighted by Crippen LogP contribution is -2.30. The van der Waals surface area contributed by atoms with Crippen molar-refractivity contribution in [3.05, 3.63) is 0 Å². The molecule has 64 valence electrons. The molecule has 2 fully saturated rings. The van der Waals surface area contributed by atoms with Gasteiger partial charge in [0.25, 0.3) is 0 Å². The molecule has 0 saturated carbocycles. The summed E-state index contributed by atoms with van der Waals surface area (Å²) in [6.45, 7) is 1.42. The third-order valence-corrected chi connectivity index (χ3v) is 2.65. The van der Waals surface area contributed by atoms with E-state index < -0.39 is 0 Å². The Hall–Kier alpha value is -1.24. The van der Waals surface area contributed by atoms with Gasteiger partial charge in [-0.05, 0) is 6.42 Å². The van der Waals surface area contributed by atoms with E-state index in [2.05, 4.69) is 6.07 Å². The smallest absolute Gasteiger partial charge is 0.320 e. The number of hydrogen-bond acceptors (Lipinski definition) is 2. The second-order valence-electron chi connectivity index (χ2n) is 3.53. The topological polar surface area (TPSA) is 47.3 Å². The third kappa shape index (κ3) is 0.860. The molecule has 0 spiro atoms. The molecule has 0 N–H and O–H groups in total. The molecular weight excluding hydrogens is 154 g/mol. The number of amides is 2. The number of nitrogens with zero attached hydrogens (tertiary/aromatic N) is 3. The van der Waals surface area contributed by atoms with Crippen LogP contribution in [0, 0.1) is 17.2 Å². The largest absolute Gasteiger partial charge is 0.326 e. The summed E-state index contributed by atoms with van der Waals surface area (Å²) in [5, 5.41) is 8.67. The minimum absolute atomic E-state index is 0.0626. The van der Waals surface area contributed by atoms with Crippen LogP contribution in [0.5, 0.6) is 0 Å². The molecule has 2 aliphatic heterocycles. The fourth-order valence-corrected chi connectivity index (χ4v) is 2.03. The molecule has 4 heteroatoms. The van der Waals surface area contributed by atoms with Gasteiger partial charge in [-0.25, -0.2) is 4.79 Å². The van der Waals surface area contributed by atoms with Gasteiger partial charge in [0, 0.05) is 20.1 Å². The summed E-state index contributed by atoms with van der Waals surface area (Å²) in [4.78, 5) is 14.9. The molecule has 0 unspecified atom stereocenters. The predicted octanol–water partition coefficient (Wildman–Crippen LogP) is 0.266. The quantitative estimate of drug-likeness (QED) is 0.517. The molecular formula is C8H11N3O. The summed E-state index contributed by atoms with van der Waals surface area (Å²) < 4.78 is 0. The highest BCUT2D eigenvalue weighted by Gasteiger charge is 2.42. The second-order valence-corrected chi connectivity index (χ2v) is 3.53. The van der Waals surface area contributed by atoms with Crippen LogP contribution in [0.3, 0.4) is 0 Å². The van der Waals surface area contributed by atoms with Crippen LogP contribution >= 0.6 is 0 Å². The van der Waals surface area contributed by atoms with Crippen molar-refractivity contribution in [2.45, 2.75) is 12.5 Å². The fraction of sp³-hybridized carbons (Fsp3) is 0.750. The number of nitriles is 1.